The zero-order chi connectivity index (χ0) is 19.2. The molecule has 2 aromatic rings. The molecular formula is C21H24FN3OS. The van der Waals surface area contributed by atoms with Gasteiger partial charge >= 0.3 is 0 Å². The van der Waals surface area contributed by atoms with E-state index in [0.717, 1.165) is 17.7 Å². The number of nitrogens with zero attached hydrogens (tertiary/aromatic N) is 1. The van der Waals surface area contributed by atoms with E-state index in [1.807, 2.05) is 25.1 Å². The largest absolute Gasteiger partial charge is 0.363 e. The molecule has 1 aliphatic rings. The molecule has 0 aliphatic carbocycles. The van der Waals surface area contributed by atoms with E-state index in [9.17, 15) is 9.18 Å². The van der Waals surface area contributed by atoms with Crippen LogP contribution in [0.3, 0.4) is 0 Å². The lowest BCUT2D eigenvalue weighted by molar-refractivity contribution is -0.125. The maximum Gasteiger partial charge on any atom is 0.225 e. The molecule has 2 aromatic carbocycles. The van der Waals surface area contributed by atoms with E-state index in [0.29, 0.717) is 24.7 Å². The van der Waals surface area contributed by atoms with Crippen molar-refractivity contribution in [3.8, 4) is 0 Å². The van der Waals surface area contributed by atoms with Crippen molar-refractivity contribution in [3.05, 3.63) is 71.5 Å². The summed E-state index contributed by atoms with van der Waals surface area (Å²) >= 11 is 5.46. The van der Waals surface area contributed by atoms with Crippen LogP contribution >= 0.6 is 12.2 Å². The highest BCUT2D eigenvalue weighted by atomic mass is 32.1. The highest BCUT2D eigenvalue weighted by molar-refractivity contribution is 7.80. The van der Waals surface area contributed by atoms with Crippen molar-refractivity contribution < 1.29 is 9.18 Å². The monoisotopic (exact) mass is 385 g/mol. The van der Waals surface area contributed by atoms with Crippen molar-refractivity contribution in [2.24, 2.45) is 5.92 Å². The Hall–Kier alpha value is -2.47. The van der Waals surface area contributed by atoms with Gasteiger partial charge in [0, 0.05) is 32.1 Å². The topological polar surface area (TPSA) is 44.4 Å². The normalized spacial score (nSPS) is 19.0. The van der Waals surface area contributed by atoms with Crippen LogP contribution in [0.4, 0.5) is 4.39 Å². The van der Waals surface area contributed by atoms with Gasteiger partial charge in [-0.25, -0.2) is 4.39 Å². The summed E-state index contributed by atoms with van der Waals surface area (Å²) in [6.45, 7) is 4.44. The van der Waals surface area contributed by atoms with Crippen LogP contribution in [0.5, 0.6) is 0 Å². The number of amides is 1. The van der Waals surface area contributed by atoms with Crippen molar-refractivity contribution >= 4 is 23.2 Å². The molecule has 3 rings (SSSR count). The highest BCUT2D eigenvalue weighted by Crippen LogP contribution is 2.33. The first-order chi connectivity index (χ1) is 13.1. The third-order valence-corrected chi connectivity index (χ3v) is 5.28. The van der Waals surface area contributed by atoms with Crippen LogP contribution in [0.25, 0.3) is 0 Å². The standard InChI is InChI=1S/C21H24FN3OS/c1-2-23-21(27)25-13-18(16-6-4-3-5-7-16)19(14-25)20(26)24-12-15-8-10-17(22)11-9-15/h3-11,18-19H,2,12-14H2,1H3,(H,23,27)(H,24,26)/t18-,19-/m0/s1. The number of carbonyl (C=O) groups excluding carboxylic acids is 1. The van der Waals surface area contributed by atoms with Gasteiger partial charge in [0.1, 0.15) is 5.82 Å². The minimum atomic E-state index is -0.280. The molecule has 4 nitrogen and oxygen atoms in total. The van der Waals surface area contributed by atoms with Crippen LogP contribution in [0.15, 0.2) is 54.6 Å². The van der Waals surface area contributed by atoms with Crippen molar-refractivity contribution in [2.75, 3.05) is 19.6 Å². The van der Waals surface area contributed by atoms with E-state index in [4.69, 9.17) is 12.2 Å². The van der Waals surface area contributed by atoms with Crippen molar-refractivity contribution in [2.45, 2.75) is 19.4 Å². The van der Waals surface area contributed by atoms with Gasteiger partial charge in [-0.1, -0.05) is 42.5 Å². The molecule has 0 radical (unpaired) electrons. The molecule has 0 saturated carbocycles. The van der Waals surface area contributed by atoms with E-state index < -0.39 is 0 Å². The van der Waals surface area contributed by atoms with Crippen molar-refractivity contribution in [1.82, 2.24) is 15.5 Å². The van der Waals surface area contributed by atoms with Gasteiger partial charge in [-0.3, -0.25) is 4.79 Å². The van der Waals surface area contributed by atoms with E-state index in [2.05, 4.69) is 27.7 Å². The smallest absolute Gasteiger partial charge is 0.225 e. The molecule has 1 fully saturated rings. The van der Waals surface area contributed by atoms with E-state index in [1.165, 1.54) is 12.1 Å². The minimum Gasteiger partial charge on any atom is -0.363 e. The molecule has 27 heavy (non-hydrogen) atoms. The second-order valence-corrected chi connectivity index (χ2v) is 7.10. The number of halogens is 1. The van der Waals surface area contributed by atoms with Crippen LogP contribution in [0.2, 0.25) is 0 Å². The third kappa shape index (κ3) is 4.83. The average molecular weight is 386 g/mol. The fraction of sp³-hybridized carbons (Fsp3) is 0.333. The van der Waals surface area contributed by atoms with Gasteiger partial charge < -0.3 is 15.5 Å². The summed E-state index contributed by atoms with van der Waals surface area (Å²) in [7, 11) is 0. The van der Waals surface area contributed by atoms with Gasteiger partial charge in [0.05, 0.1) is 5.92 Å². The van der Waals surface area contributed by atoms with Gasteiger partial charge in [-0.15, -0.1) is 0 Å². The Morgan fingerprint density at radius 2 is 1.81 bits per heavy atom. The molecule has 2 atom stereocenters. The first kappa shape index (κ1) is 19.3. The Morgan fingerprint density at radius 1 is 1.11 bits per heavy atom. The van der Waals surface area contributed by atoms with E-state index in [1.54, 1.807) is 12.1 Å². The molecule has 0 bridgehead atoms. The maximum atomic E-state index is 13.0. The minimum absolute atomic E-state index is 0.00465. The van der Waals surface area contributed by atoms with Crippen LogP contribution in [0.1, 0.15) is 24.0 Å². The van der Waals surface area contributed by atoms with E-state index in [-0.39, 0.29) is 23.6 Å². The number of benzene rings is 2. The SMILES string of the molecule is CCNC(=S)N1C[C@H](C(=O)NCc2ccc(F)cc2)[C@H](c2ccccc2)C1. The van der Waals surface area contributed by atoms with E-state index >= 15 is 0 Å². The highest BCUT2D eigenvalue weighted by Gasteiger charge is 2.39. The van der Waals surface area contributed by atoms with Crippen LogP contribution in [0, 0.1) is 11.7 Å². The zero-order valence-corrected chi connectivity index (χ0v) is 16.1. The first-order valence-electron chi connectivity index (χ1n) is 9.18. The Bertz CT molecular complexity index is 782. The quantitative estimate of drug-likeness (QED) is 0.777. The number of hydrogen-bond acceptors (Lipinski definition) is 2. The zero-order valence-electron chi connectivity index (χ0n) is 15.3. The van der Waals surface area contributed by atoms with Gasteiger partial charge in [-0.05, 0) is 42.4 Å². The molecule has 142 valence electrons. The molecule has 0 spiro atoms. The molecule has 2 N–H and O–H groups in total. The maximum absolute atomic E-state index is 13.0. The summed E-state index contributed by atoms with van der Waals surface area (Å²) in [5.74, 6) is -0.395. The lowest BCUT2D eigenvalue weighted by atomic mass is 9.88. The average Bonchev–Trinajstić information content (AvgIpc) is 3.14. The molecule has 1 amide bonds. The summed E-state index contributed by atoms with van der Waals surface area (Å²) in [4.78, 5) is 15.0. The summed E-state index contributed by atoms with van der Waals surface area (Å²) in [5, 5.41) is 6.86. The molecule has 0 unspecified atom stereocenters. The fourth-order valence-electron chi connectivity index (χ4n) is 3.46. The second-order valence-electron chi connectivity index (χ2n) is 6.71. The van der Waals surface area contributed by atoms with Crippen molar-refractivity contribution in [3.63, 3.8) is 0 Å². The first-order valence-corrected chi connectivity index (χ1v) is 9.59. The van der Waals surface area contributed by atoms with Crippen LogP contribution in [-0.4, -0.2) is 35.6 Å². The number of carbonyl (C=O) groups is 1. The Balaban J connectivity index is 1.71. The predicted octanol–water partition coefficient (Wildman–Crippen LogP) is 3.05. The molecule has 1 heterocycles. The number of thiocarbonyl (C=S) groups is 1. The Labute approximate surface area is 164 Å². The lowest BCUT2D eigenvalue weighted by Gasteiger charge is -2.19. The number of rotatable bonds is 5. The Morgan fingerprint density at radius 3 is 2.48 bits per heavy atom. The summed E-state index contributed by atoms with van der Waals surface area (Å²) in [5.41, 5.74) is 2.01. The summed E-state index contributed by atoms with van der Waals surface area (Å²) in [6, 6.07) is 16.3. The molecule has 1 saturated heterocycles. The van der Waals surface area contributed by atoms with Gasteiger partial charge in [0.15, 0.2) is 5.11 Å². The Kier molecular flexibility index (Phi) is 6.40. The molecule has 6 heteroatoms. The summed E-state index contributed by atoms with van der Waals surface area (Å²) in [6.07, 6.45) is 0. The molecule has 1 aliphatic heterocycles. The van der Waals surface area contributed by atoms with Gasteiger partial charge in [-0.2, -0.15) is 0 Å². The lowest BCUT2D eigenvalue weighted by Crippen LogP contribution is -2.39. The molecule has 0 aromatic heterocycles. The number of nitrogens with one attached hydrogen (secondary N) is 2. The number of likely N-dealkylation sites (tertiary alicyclic amines) is 1. The second kappa shape index (κ2) is 8.95. The summed E-state index contributed by atoms with van der Waals surface area (Å²) < 4.78 is 13.0. The fourth-order valence-corrected chi connectivity index (χ4v) is 3.75. The molecular weight excluding hydrogens is 361 g/mol. The number of hydrogen-bond donors (Lipinski definition) is 2. The van der Waals surface area contributed by atoms with Crippen molar-refractivity contribution in [1.29, 1.82) is 0 Å². The predicted molar refractivity (Wildman–Crippen MR) is 109 cm³/mol. The van der Waals surface area contributed by atoms with Crippen LogP contribution < -0.4 is 10.6 Å². The van der Waals surface area contributed by atoms with Gasteiger partial charge in [0.25, 0.3) is 0 Å². The van der Waals surface area contributed by atoms with Crippen LogP contribution in [-0.2, 0) is 11.3 Å². The third-order valence-electron chi connectivity index (χ3n) is 4.88. The van der Waals surface area contributed by atoms with Gasteiger partial charge in [0.2, 0.25) is 5.91 Å².